The van der Waals surface area contributed by atoms with E-state index in [1.54, 1.807) is 21.6 Å². The Bertz CT molecular complexity index is 487. The van der Waals surface area contributed by atoms with E-state index in [0.29, 0.717) is 0 Å². The molecule has 0 aliphatic heterocycles. The zero-order chi connectivity index (χ0) is 15.6. The van der Waals surface area contributed by atoms with Crippen molar-refractivity contribution < 1.29 is 9.47 Å². The molecule has 0 aromatic heterocycles. The number of hydrogen-bond acceptors (Lipinski definition) is 4. The van der Waals surface area contributed by atoms with Crippen LogP contribution in [0.1, 0.15) is 26.7 Å². The van der Waals surface area contributed by atoms with E-state index in [4.69, 9.17) is 9.47 Å². The van der Waals surface area contributed by atoms with Crippen LogP contribution >= 0.6 is 21.6 Å². The summed E-state index contributed by atoms with van der Waals surface area (Å²) in [6.07, 6.45) is 2.06. The number of ether oxygens (including phenoxy) is 2. The van der Waals surface area contributed by atoms with E-state index in [9.17, 15) is 0 Å². The minimum atomic E-state index is 0.772. The lowest BCUT2D eigenvalue weighted by Gasteiger charge is -2.07. The Hall–Kier alpha value is -1.26. The van der Waals surface area contributed by atoms with Crippen LogP contribution in [0.4, 0.5) is 0 Å². The Kier molecular flexibility index (Phi) is 7.54. The second-order valence-corrected chi connectivity index (χ2v) is 7.08. The summed E-state index contributed by atoms with van der Waals surface area (Å²) >= 11 is 0. The first-order chi connectivity index (χ1) is 10.8. The third kappa shape index (κ3) is 5.85. The van der Waals surface area contributed by atoms with Crippen LogP contribution in [-0.4, -0.2) is 13.2 Å². The van der Waals surface area contributed by atoms with Gasteiger partial charge in [0.2, 0.25) is 0 Å². The maximum atomic E-state index is 5.59. The van der Waals surface area contributed by atoms with Crippen molar-refractivity contribution >= 4 is 21.6 Å². The normalized spacial score (nSPS) is 10.5. The van der Waals surface area contributed by atoms with Gasteiger partial charge in [0, 0.05) is 9.79 Å². The van der Waals surface area contributed by atoms with Crippen molar-refractivity contribution in [3.8, 4) is 11.5 Å². The molecule has 2 aromatic rings. The number of rotatable bonds is 9. The monoisotopic (exact) mass is 334 g/mol. The molecule has 2 aromatic carbocycles. The predicted molar refractivity (Wildman–Crippen MR) is 96.2 cm³/mol. The lowest BCUT2D eigenvalue weighted by Crippen LogP contribution is -1.94. The molecule has 0 saturated heterocycles. The molecular formula is C18H22O2S2. The topological polar surface area (TPSA) is 18.5 Å². The predicted octanol–water partition coefficient (Wildman–Crippen LogP) is 6.06. The highest BCUT2D eigenvalue weighted by molar-refractivity contribution is 8.76. The fourth-order valence-electron chi connectivity index (χ4n) is 1.72. The summed E-state index contributed by atoms with van der Waals surface area (Å²) in [5.41, 5.74) is 0. The second kappa shape index (κ2) is 9.70. The molecule has 0 heterocycles. The molecule has 0 saturated carbocycles. The van der Waals surface area contributed by atoms with Crippen LogP contribution in [0.3, 0.4) is 0 Å². The summed E-state index contributed by atoms with van der Waals surface area (Å²) in [5.74, 6) is 1.88. The molecule has 4 heteroatoms. The molecule has 0 fully saturated rings. The van der Waals surface area contributed by atoms with Crippen molar-refractivity contribution in [1.29, 1.82) is 0 Å². The summed E-state index contributed by atoms with van der Waals surface area (Å²) < 4.78 is 11.2. The van der Waals surface area contributed by atoms with E-state index >= 15 is 0 Å². The van der Waals surface area contributed by atoms with Crippen LogP contribution in [0.2, 0.25) is 0 Å². The van der Waals surface area contributed by atoms with Crippen molar-refractivity contribution in [2.24, 2.45) is 0 Å². The summed E-state index contributed by atoms with van der Waals surface area (Å²) in [6.45, 7) is 5.76. The standard InChI is InChI=1S/C18H22O2S2/c1-3-13-19-15-5-9-17(10-6-15)21-22-18-11-7-16(8-12-18)20-14-4-2/h5-12H,3-4,13-14H2,1-2H3. The van der Waals surface area contributed by atoms with Crippen LogP contribution in [0, 0.1) is 0 Å². The van der Waals surface area contributed by atoms with E-state index in [1.165, 1.54) is 9.79 Å². The molecule has 0 unspecified atom stereocenters. The third-order valence-corrected chi connectivity index (χ3v) is 5.24. The van der Waals surface area contributed by atoms with E-state index in [-0.39, 0.29) is 0 Å². The van der Waals surface area contributed by atoms with Gasteiger partial charge in [0.05, 0.1) is 13.2 Å². The van der Waals surface area contributed by atoms with Crippen molar-refractivity contribution in [1.82, 2.24) is 0 Å². The lowest BCUT2D eigenvalue weighted by molar-refractivity contribution is 0.317. The summed E-state index contributed by atoms with van der Waals surface area (Å²) in [7, 11) is 3.50. The van der Waals surface area contributed by atoms with Gasteiger partial charge in [-0.25, -0.2) is 0 Å². The molecule has 0 radical (unpaired) electrons. The van der Waals surface area contributed by atoms with E-state index in [2.05, 4.69) is 38.1 Å². The van der Waals surface area contributed by atoms with Gasteiger partial charge in [-0.2, -0.15) is 0 Å². The molecule has 118 valence electrons. The van der Waals surface area contributed by atoms with E-state index < -0.39 is 0 Å². The third-order valence-electron chi connectivity index (χ3n) is 2.83. The van der Waals surface area contributed by atoms with Gasteiger partial charge in [0.15, 0.2) is 0 Å². The van der Waals surface area contributed by atoms with Gasteiger partial charge >= 0.3 is 0 Å². The smallest absolute Gasteiger partial charge is 0.119 e. The zero-order valence-electron chi connectivity index (χ0n) is 13.1. The van der Waals surface area contributed by atoms with Crippen LogP contribution in [0.25, 0.3) is 0 Å². The molecule has 0 aliphatic carbocycles. The number of hydrogen-bond donors (Lipinski definition) is 0. The highest BCUT2D eigenvalue weighted by Gasteiger charge is 2.00. The van der Waals surface area contributed by atoms with Gasteiger partial charge in [-0.15, -0.1) is 0 Å². The molecule has 0 aliphatic rings. The Morgan fingerprint density at radius 1 is 0.636 bits per heavy atom. The van der Waals surface area contributed by atoms with E-state index in [1.807, 2.05) is 24.3 Å². The first-order valence-corrected chi connectivity index (χ1v) is 9.77. The Morgan fingerprint density at radius 2 is 1.00 bits per heavy atom. The van der Waals surface area contributed by atoms with Crippen LogP contribution in [-0.2, 0) is 0 Å². The SMILES string of the molecule is CCCOc1ccc(SSc2ccc(OCCC)cc2)cc1. The Morgan fingerprint density at radius 3 is 1.32 bits per heavy atom. The van der Waals surface area contributed by atoms with Gasteiger partial charge in [0.25, 0.3) is 0 Å². The Balaban J connectivity index is 1.81. The highest BCUT2D eigenvalue weighted by atomic mass is 33.1. The number of benzene rings is 2. The molecule has 0 N–H and O–H groups in total. The molecule has 0 spiro atoms. The Labute approximate surface area is 141 Å². The molecule has 0 atom stereocenters. The lowest BCUT2D eigenvalue weighted by atomic mass is 10.3. The van der Waals surface area contributed by atoms with Gasteiger partial charge in [-0.3, -0.25) is 0 Å². The molecule has 22 heavy (non-hydrogen) atoms. The van der Waals surface area contributed by atoms with Gasteiger partial charge < -0.3 is 9.47 Å². The minimum absolute atomic E-state index is 0.772. The van der Waals surface area contributed by atoms with Crippen LogP contribution < -0.4 is 9.47 Å². The minimum Gasteiger partial charge on any atom is -0.494 e. The van der Waals surface area contributed by atoms with Crippen molar-refractivity contribution in [2.45, 2.75) is 36.5 Å². The first kappa shape index (κ1) is 17.1. The van der Waals surface area contributed by atoms with Crippen LogP contribution in [0.15, 0.2) is 58.3 Å². The summed E-state index contributed by atoms with van der Waals surface area (Å²) in [4.78, 5) is 2.44. The maximum Gasteiger partial charge on any atom is 0.119 e. The highest BCUT2D eigenvalue weighted by Crippen LogP contribution is 2.38. The average molecular weight is 335 g/mol. The van der Waals surface area contributed by atoms with Crippen LogP contribution in [0.5, 0.6) is 11.5 Å². The fourth-order valence-corrected chi connectivity index (χ4v) is 3.65. The quantitative estimate of drug-likeness (QED) is 0.518. The fraction of sp³-hybridized carbons (Fsp3) is 0.333. The molecular weight excluding hydrogens is 312 g/mol. The molecule has 2 nitrogen and oxygen atoms in total. The second-order valence-electron chi connectivity index (χ2n) is 4.81. The average Bonchev–Trinajstić information content (AvgIpc) is 2.58. The van der Waals surface area contributed by atoms with Crippen molar-refractivity contribution in [3.63, 3.8) is 0 Å². The molecule has 0 bridgehead atoms. The maximum absolute atomic E-state index is 5.59. The molecule has 2 rings (SSSR count). The zero-order valence-corrected chi connectivity index (χ0v) is 14.7. The van der Waals surface area contributed by atoms with Gasteiger partial charge in [-0.05, 0) is 61.4 Å². The first-order valence-electron chi connectivity index (χ1n) is 7.62. The molecule has 0 amide bonds. The van der Waals surface area contributed by atoms with Crippen molar-refractivity contribution in [2.75, 3.05) is 13.2 Å². The van der Waals surface area contributed by atoms with Crippen molar-refractivity contribution in [3.05, 3.63) is 48.5 Å². The van der Waals surface area contributed by atoms with Gasteiger partial charge in [-0.1, -0.05) is 35.4 Å². The summed E-state index contributed by atoms with van der Waals surface area (Å²) in [5, 5.41) is 0. The van der Waals surface area contributed by atoms with Gasteiger partial charge in [0.1, 0.15) is 11.5 Å². The summed E-state index contributed by atoms with van der Waals surface area (Å²) in [6, 6.07) is 16.5. The largest absolute Gasteiger partial charge is 0.494 e. The van der Waals surface area contributed by atoms with E-state index in [0.717, 1.165) is 37.6 Å².